The molecule has 0 unspecified atom stereocenters. The van der Waals surface area contributed by atoms with E-state index in [4.69, 9.17) is 0 Å². The first-order valence-electron chi connectivity index (χ1n) is 5.63. The number of hydrogen-bond donors (Lipinski definition) is 0. The van der Waals surface area contributed by atoms with Gasteiger partial charge in [-0.2, -0.15) is 0 Å². The van der Waals surface area contributed by atoms with E-state index in [1.807, 2.05) is 6.92 Å². The lowest BCUT2D eigenvalue weighted by Crippen LogP contribution is -2.42. The molecule has 0 spiro atoms. The average molecular weight is 288 g/mol. The number of aryl methyl sites for hydroxylation is 1. The molecular formula is C11H16N2O3S2. The lowest BCUT2D eigenvalue weighted by atomic mass is 10.3. The second-order valence-electron chi connectivity index (χ2n) is 4.77. The van der Waals surface area contributed by atoms with Gasteiger partial charge in [0.1, 0.15) is 0 Å². The smallest absolute Gasteiger partial charge is 0.244 e. The molecule has 0 bridgehead atoms. The van der Waals surface area contributed by atoms with E-state index < -0.39 is 14.6 Å². The van der Waals surface area contributed by atoms with Gasteiger partial charge < -0.3 is 4.90 Å². The Morgan fingerprint density at radius 1 is 1.56 bits per heavy atom. The molecule has 0 N–H and O–H groups in total. The Balaban J connectivity index is 2.11. The minimum absolute atomic E-state index is 0.295. The van der Waals surface area contributed by atoms with Gasteiger partial charge in [-0.1, -0.05) is 0 Å². The van der Waals surface area contributed by atoms with Gasteiger partial charge in [0.15, 0.2) is 14.6 Å². The number of thiazole rings is 1. The third kappa shape index (κ3) is 2.29. The van der Waals surface area contributed by atoms with Gasteiger partial charge in [0.05, 0.1) is 11.6 Å². The molecule has 7 heteroatoms. The molecule has 1 aliphatic carbocycles. The van der Waals surface area contributed by atoms with Crippen LogP contribution in [-0.2, 0) is 21.2 Å². The van der Waals surface area contributed by atoms with Gasteiger partial charge in [-0.15, -0.1) is 11.3 Å². The molecule has 18 heavy (non-hydrogen) atoms. The van der Waals surface area contributed by atoms with Gasteiger partial charge in [0, 0.05) is 24.4 Å². The van der Waals surface area contributed by atoms with E-state index in [1.54, 1.807) is 13.2 Å². The highest BCUT2D eigenvalue weighted by atomic mass is 32.2. The number of carbonyl (C=O) groups is 1. The highest BCUT2D eigenvalue weighted by Crippen LogP contribution is 2.44. The molecule has 0 atom stereocenters. The van der Waals surface area contributed by atoms with E-state index in [9.17, 15) is 13.2 Å². The number of carbonyl (C=O) groups excluding carboxylic acids is 1. The van der Waals surface area contributed by atoms with Crippen LogP contribution in [0.2, 0.25) is 0 Å². The maximum absolute atomic E-state index is 12.2. The second-order valence-corrected chi connectivity index (χ2v) is 8.42. The summed E-state index contributed by atoms with van der Waals surface area (Å²) in [4.78, 5) is 18.8. The first kappa shape index (κ1) is 13.5. The SMILES string of the molecule is Cc1ncc(CN(C)C(=O)C2(S(C)(=O)=O)CC2)s1. The van der Waals surface area contributed by atoms with Gasteiger partial charge in [0.2, 0.25) is 5.91 Å². The first-order valence-corrected chi connectivity index (χ1v) is 8.33. The molecule has 1 fully saturated rings. The Bertz CT molecular complexity index is 573. The van der Waals surface area contributed by atoms with Crippen molar-refractivity contribution >= 4 is 27.1 Å². The summed E-state index contributed by atoms with van der Waals surface area (Å²) in [6.07, 6.45) is 3.75. The molecule has 1 saturated carbocycles. The van der Waals surface area contributed by atoms with Crippen LogP contribution >= 0.6 is 11.3 Å². The number of rotatable bonds is 4. The summed E-state index contributed by atoms with van der Waals surface area (Å²) in [5.41, 5.74) is 0. The maximum atomic E-state index is 12.2. The summed E-state index contributed by atoms with van der Waals surface area (Å²) in [5, 5.41) is 0.940. The molecule has 100 valence electrons. The molecule has 2 rings (SSSR count). The molecule has 0 radical (unpaired) electrons. The Labute approximate surface area is 111 Å². The van der Waals surface area contributed by atoms with Crippen LogP contribution in [0, 0.1) is 6.92 Å². The van der Waals surface area contributed by atoms with Crippen LogP contribution in [0.4, 0.5) is 0 Å². The molecule has 1 heterocycles. The van der Waals surface area contributed by atoms with Gasteiger partial charge in [0.25, 0.3) is 0 Å². The zero-order valence-corrected chi connectivity index (χ0v) is 12.3. The molecule has 0 aromatic carbocycles. The maximum Gasteiger partial charge on any atom is 0.244 e. The van der Waals surface area contributed by atoms with Crippen molar-refractivity contribution in [1.82, 2.24) is 9.88 Å². The third-order valence-electron chi connectivity index (χ3n) is 3.21. The van der Waals surface area contributed by atoms with Crippen molar-refractivity contribution < 1.29 is 13.2 Å². The highest BCUT2D eigenvalue weighted by molar-refractivity contribution is 7.93. The van der Waals surface area contributed by atoms with Crippen molar-refractivity contribution in [3.63, 3.8) is 0 Å². The monoisotopic (exact) mass is 288 g/mol. The summed E-state index contributed by atoms with van der Waals surface area (Å²) in [6, 6.07) is 0. The van der Waals surface area contributed by atoms with Crippen molar-refractivity contribution in [2.75, 3.05) is 13.3 Å². The number of nitrogens with zero attached hydrogens (tertiary/aromatic N) is 2. The van der Waals surface area contributed by atoms with Gasteiger partial charge in [-0.3, -0.25) is 4.79 Å². The fourth-order valence-electron chi connectivity index (χ4n) is 1.99. The van der Waals surface area contributed by atoms with E-state index in [0.717, 1.165) is 16.1 Å². The van der Waals surface area contributed by atoms with E-state index in [1.165, 1.54) is 16.2 Å². The molecule has 5 nitrogen and oxygen atoms in total. The Morgan fingerprint density at radius 3 is 2.56 bits per heavy atom. The zero-order chi connectivity index (χ0) is 13.6. The van der Waals surface area contributed by atoms with Crippen molar-refractivity contribution in [1.29, 1.82) is 0 Å². The number of amides is 1. The predicted octanol–water partition coefficient (Wildman–Crippen LogP) is 0.987. The van der Waals surface area contributed by atoms with Crippen LogP contribution in [0.5, 0.6) is 0 Å². The van der Waals surface area contributed by atoms with Crippen LogP contribution in [0.3, 0.4) is 0 Å². The zero-order valence-electron chi connectivity index (χ0n) is 10.6. The topological polar surface area (TPSA) is 67.3 Å². The Morgan fingerprint density at radius 2 is 2.17 bits per heavy atom. The first-order chi connectivity index (χ1) is 8.26. The normalized spacial score (nSPS) is 17.5. The minimum atomic E-state index is -3.33. The fourth-order valence-corrected chi connectivity index (χ4v) is 4.15. The molecule has 1 aromatic rings. The quantitative estimate of drug-likeness (QED) is 0.828. The number of aromatic nitrogens is 1. The largest absolute Gasteiger partial charge is 0.339 e. The molecule has 1 aliphatic rings. The van der Waals surface area contributed by atoms with Gasteiger partial charge >= 0.3 is 0 Å². The van der Waals surface area contributed by atoms with Gasteiger partial charge in [-0.25, -0.2) is 13.4 Å². The lowest BCUT2D eigenvalue weighted by molar-refractivity contribution is -0.130. The highest BCUT2D eigenvalue weighted by Gasteiger charge is 2.59. The Kier molecular flexibility index (Phi) is 3.23. The summed E-state index contributed by atoms with van der Waals surface area (Å²) in [5.74, 6) is -0.295. The molecule has 0 aliphatic heterocycles. The van der Waals surface area contributed by atoms with E-state index >= 15 is 0 Å². The standard InChI is InChI=1S/C11H16N2O3S2/c1-8-12-6-9(17-8)7-13(2)10(14)11(4-5-11)18(3,15)16/h6H,4-5,7H2,1-3H3. The van der Waals surface area contributed by atoms with Crippen LogP contribution in [0.15, 0.2) is 6.20 Å². The van der Waals surface area contributed by atoms with Crippen LogP contribution in [-0.4, -0.2) is 42.3 Å². The third-order valence-corrected chi connectivity index (χ3v) is 6.11. The van der Waals surface area contributed by atoms with E-state index in [2.05, 4.69) is 4.98 Å². The minimum Gasteiger partial charge on any atom is -0.339 e. The fraction of sp³-hybridized carbons (Fsp3) is 0.636. The predicted molar refractivity (Wildman–Crippen MR) is 70.1 cm³/mol. The lowest BCUT2D eigenvalue weighted by Gasteiger charge is -2.21. The van der Waals surface area contributed by atoms with E-state index in [-0.39, 0.29) is 5.91 Å². The van der Waals surface area contributed by atoms with Crippen LogP contribution in [0.25, 0.3) is 0 Å². The second kappa shape index (κ2) is 4.31. The summed E-state index contributed by atoms with van der Waals surface area (Å²) < 4.78 is 22.2. The number of hydrogen-bond acceptors (Lipinski definition) is 5. The summed E-state index contributed by atoms with van der Waals surface area (Å²) in [6.45, 7) is 2.32. The van der Waals surface area contributed by atoms with Crippen LogP contribution in [0.1, 0.15) is 22.7 Å². The van der Waals surface area contributed by atoms with Crippen LogP contribution < -0.4 is 0 Å². The van der Waals surface area contributed by atoms with Crippen molar-refractivity contribution in [3.05, 3.63) is 16.1 Å². The van der Waals surface area contributed by atoms with Gasteiger partial charge in [-0.05, 0) is 19.8 Å². The Hall–Kier alpha value is -0.950. The molecule has 0 saturated heterocycles. The molecule has 1 aromatic heterocycles. The molecular weight excluding hydrogens is 272 g/mol. The summed E-state index contributed by atoms with van der Waals surface area (Å²) in [7, 11) is -1.68. The molecule has 1 amide bonds. The van der Waals surface area contributed by atoms with Crippen molar-refractivity contribution in [3.8, 4) is 0 Å². The summed E-state index contributed by atoms with van der Waals surface area (Å²) >= 11 is 1.52. The average Bonchev–Trinajstić information content (AvgIpc) is 2.98. The van der Waals surface area contributed by atoms with E-state index in [0.29, 0.717) is 19.4 Å². The number of sulfone groups is 1. The van der Waals surface area contributed by atoms with Crippen molar-refractivity contribution in [2.45, 2.75) is 31.1 Å². The van der Waals surface area contributed by atoms with Crippen molar-refractivity contribution in [2.24, 2.45) is 0 Å².